The van der Waals surface area contributed by atoms with Gasteiger partial charge in [0.05, 0.1) is 17.3 Å². The second-order valence-corrected chi connectivity index (χ2v) is 9.83. The topological polar surface area (TPSA) is 70.7 Å². The Labute approximate surface area is 215 Å². The molecule has 2 N–H and O–H groups in total. The molecule has 1 unspecified atom stereocenters. The molecule has 3 aromatic carbocycles. The number of anilines is 1. The van der Waals surface area contributed by atoms with Gasteiger partial charge in [-0.1, -0.05) is 52.0 Å². The lowest BCUT2D eigenvalue weighted by Gasteiger charge is -2.34. The van der Waals surface area contributed by atoms with Gasteiger partial charge in [-0.2, -0.15) is 0 Å². The fourth-order valence-electron chi connectivity index (χ4n) is 4.49. The molecule has 6 nitrogen and oxygen atoms in total. The summed E-state index contributed by atoms with van der Waals surface area (Å²) >= 11 is 0. The summed E-state index contributed by atoms with van der Waals surface area (Å²) in [5.74, 6) is -2.20. The van der Waals surface area contributed by atoms with Crippen LogP contribution in [0, 0.1) is 17.6 Å². The molecular weight excluding hydrogens is 476 g/mol. The predicted molar refractivity (Wildman–Crippen MR) is 139 cm³/mol. The Hall–Kier alpha value is -3.78. The Balaban J connectivity index is 1.68. The summed E-state index contributed by atoms with van der Waals surface area (Å²) in [7, 11) is 0. The second-order valence-electron chi connectivity index (χ2n) is 9.83. The molecule has 0 bridgehead atoms. The van der Waals surface area contributed by atoms with Crippen molar-refractivity contribution in [1.29, 1.82) is 0 Å². The fraction of sp³-hybridized carbons (Fsp3) is 0.310. The number of ether oxygens (including phenoxy) is 1. The number of halogens is 2. The van der Waals surface area contributed by atoms with Crippen molar-refractivity contribution < 1.29 is 23.1 Å². The van der Waals surface area contributed by atoms with Crippen LogP contribution < -0.4 is 15.4 Å². The Morgan fingerprint density at radius 1 is 1.00 bits per heavy atom. The summed E-state index contributed by atoms with van der Waals surface area (Å²) in [6, 6.07) is 15.5. The lowest BCUT2D eigenvalue weighted by Crippen LogP contribution is -2.40. The third-order valence-corrected chi connectivity index (χ3v) is 6.17. The van der Waals surface area contributed by atoms with Crippen LogP contribution in [0.15, 0.2) is 60.7 Å². The highest BCUT2D eigenvalue weighted by molar-refractivity contribution is 6.09. The van der Waals surface area contributed by atoms with Gasteiger partial charge in [0, 0.05) is 18.7 Å². The minimum absolute atomic E-state index is 0.0133. The maximum atomic E-state index is 14.1. The van der Waals surface area contributed by atoms with Crippen LogP contribution in [0.3, 0.4) is 0 Å². The average molecular weight is 508 g/mol. The third-order valence-electron chi connectivity index (χ3n) is 6.17. The smallest absolute Gasteiger partial charge is 0.257 e. The van der Waals surface area contributed by atoms with Gasteiger partial charge in [-0.3, -0.25) is 9.59 Å². The molecule has 1 aliphatic heterocycles. The number of fused-ring (bicyclic) bond motifs is 1. The molecule has 0 fully saturated rings. The number of amides is 2. The van der Waals surface area contributed by atoms with Crippen LogP contribution in [0.2, 0.25) is 0 Å². The maximum absolute atomic E-state index is 14.1. The first-order valence-corrected chi connectivity index (χ1v) is 12.3. The fourth-order valence-corrected chi connectivity index (χ4v) is 4.49. The zero-order valence-electron chi connectivity index (χ0n) is 21.3. The van der Waals surface area contributed by atoms with Crippen molar-refractivity contribution in [2.75, 3.05) is 11.9 Å². The van der Waals surface area contributed by atoms with Crippen LogP contribution in [0.5, 0.6) is 11.5 Å². The molecule has 1 aliphatic rings. The van der Waals surface area contributed by atoms with E-state index in [4.69, 9.17) is 4.74 Å². The lowest BCUT2D eigenvalue weighted by molar-refractivity contribution is -0.117. The summed E-state index contributed by atoms with van der Waals surface area (Å²) in [6.45, 7) is 8.75. The van der Waals surface area contributed by atoms with E-state index >= 15 is 0 Å². The summed E-state index contributed by atoms with van der Waals surface area (Å²) in [6.07, 6.45) is 0. The Bertz CT molecular complexity index is 1310. The molecule has 0 spiro atoms. The van der Waals surface area contributed by atoms with E-state index in [9.17, 15) is 18.4 Å². The molecule has 8 heteroatoms. The van der Waals surface area contributed by atoms with E-state index in [2.05, 4.69) is 30.5 Å². The number of rotatable bonds is 8. The number of benzene rings is 3. The van der Waals surface area contributed by atoms with E-state index in [1.807, 2.05) is 32.0 Å². The molecule has 2 amide bonds. The standard InChI is InChI=1S/C29H31F2N3O3/c1-17(2)28(20-7-5-6-19(12-20)15-32-18(3)4)34-16-27(35)33-25-10-9-22(14-23(25)29(34)36)37-26-11-8-21(30)13-24(26)31/h5-14,17-18,28,32H,15-16H2,1-4H3,(H,33,35). The van der Waals surface area contributed by atoms with E-state index in [1.54, 1.807) is 11.0 Å². The Morgan fingerprint density at radius 2 is 1.78 bits per heavy atom. The molecule has 194 valence electrons. The first-order valence-electron chi connectivity index (χ1n) is 12.3. The number of nitrogens with one attached hydrogen (secondary N) is 2. The first-order chi connectivity index (χ1) is 17.6. The van der Waals surface area contributed by atoms with Gasteiger partial charge in [-0.05, 0) is 47.4 Å². The van der Waals surface area contributed by atoms with Gasteiger partial charge >= 0.3 is 0 Å². The number of carbonyl (C=O) groups excluding carboxylic acids is 2. The van der Waals surface area contributed by atoms with Gasteiger partial charge in [-0.25, -0.2) is 8.78 Å². The van der Waals surface area contributed by atoms with E-state index in [0.717, 1.165) is 23.3 Å². The third kappa shape index (κ3) is 6.14. The molecule has 4 rings (SSSR count). The van der Waals surface area contributed by atoms with Crippen LogP contribution in [0.1, 0.15) is 55.2 Å². The summed E-state index contributed by atoms with van der Waals surface area (Å²) in [5, 5.41) is 6.19. The van der Waals surface area contributed by atoms with E-state index in [1.165, 1.54) is 18.2 Å². The largest absolute Gasteiger partial charge is 0.454 e. The highest BCUT2D eigenvalue weighted by Gasteiger charge is 2.34. The van der Waals surface area contributed by atoms with Crippen LogP contribution >= 0.6 is 0 Å². The predicted octanol–water partition coefficient (Wildman–Crippen LogP) is 6.05. The number of nitrogens with zero attached hydrogens (tertiary/aromatic N) is 1. The molecule has 37 heavy (non-hydrogen) atoms. The minimum Gasteiger partial charge on any atom is -0.454 e. The number of hydrogen-bond donors (Lipinski definition) is 2. The second kappa shape index (κ2) is 11.1. The number of hydrogen-bond acceptors (Lipinski definition) is 4. The molecule has 3 aromatic rings. The zero-order chi connectivity index (χ0) is 26.7. The van der Waals surface area contributed by atoms with Crippen molar-refractivity contribution in [2.45, 2.75) is 46.3 Å². The van der Waals surface area contributed by atoms with E-state index in [-0.39, 0.29) is 47.4 Å². The molecule has 0 saturated heterocycles. The number of carbonyl (C=O) groups is 2. The SMILES string of the molecule is CC(C)NCc1cccc(C(C(C)C)N2CC(=O)Nc3ccc(Oc4ccc(F)cc4F)cc3C2=O)c1. The molecule has 1 atom stereocenters. The normalized spacial score (nSPS) is 14.4. The van der Waals surface area contributed by atoms with Gasteiger partial charge in [0.1, 0.15) is 18.1 Å². The van der Waals surface area contributed by atoms with Crippen LogP contribution in [0.4, 0.5) is 14.5 Å². The van der Waals surface area contributed by atoms with Gasteiger partial charge in [0.15, 0.2) is 11.6 Å². The van der Waals surface area contributed by atoms with Crippen molar-refractivity contribution in [1.82, 2.24) is 10.2 Å². The van der Waals surface area contributed by atoms with Crippen molar-refractivity contribution in [3.8, 4) is 11.5 Å². The van der Waals surface area contributed by atoms with Gasteiger partial charge in [0.25, 0.3) is 5.91 Å². The maximum Gasteiger partial charge on any atom is 0.257 e. The summed E-state index contributed by atoms with van der Waals surface area (Å²) < 4.78 is 33.0. The van der Waals surface area contributed by atoms with Gasteiger partial charge in [-0.15, -0.1) is 0 Å². The lowest BCUT2D eigenvalue weighted by atomic mass is 9.92. The van der Waals surface area contributed by atoms with Crippen molar-refractivity contribution in [3.63, 3.8) is 0 Å². The van der Waals surface area contributed by atoms with Gasteiger partial charge in [0.2, 0.25) is 5.91 Å². The van der Waals surface area contributed by atoms with Crippen molar-refractivity contribution >= 4 is 17.5 Å². The molecule has 1 heterocycles. The molecule has 0 radical (unpaired) electrons. The first kappa shape index (κ1) is 26.3. The van der Waals surface area contributed by atoms with Crippen LogP contribution in [-0.2, 0) is 11.3 Å². The summed E-state index contributed by atoms with van der Waals surface area (Å²) in [4.78, 5) is 28.3. The van der Waals surface area contributed by atoms with Gasteiger partial charge < -0.3 is 20.3 Å². The minimum atomic E-state index is -0.858. The Kier molecular flexibility index (Phi) is 7.88. The molecule has 0 aromatic heterocycles. The average Bonchev–Trinajstić information content (AvgIpc) is 2.95. The van der Waals surface area contributed by atoms with Crippen molar-refractivity contribution in [2.24, 2.45) is 5.92 Å². The molecular formula is C29H31F2N3O3. The monoisotopic (exact) mass is 507 g/mol. The Morgan fingerprint density at radius 3 is 2.49 bits per heavy atom. The summed E-state index contributed by atoms with van der Waals surface area (Å²) in [5.41, 5.74) is 2.60. The quantitative estimate of drug-likeness (QED) is 0.390. The van der Waals surface area contributed by atoms with Crippen LogP contribution in [-0.4, -0.2) is 29.3 Å². The molecule has 0 saturated carbocycles. The van der Waals surface area contributed by atoms with E-state index < -0.39 is 11.6 Å². The zero-order valence-corrected chi connectivity index (χ0v) is 21.3. The highest BCUT2D eigenvalue weighted by atomic mass is 19.1. The van der Waals surface area contributed by atoms with Crippen molar-refractivity contribution in [3.05, 3.63) is 89.0 Å². The highest BCUT2D eigenvalue weighted by Crippen LogP contribution is 2.35. The van der Waals surface area contributed by atoms with E-state index in [0.29, 0.717) is 18.3 Å². The van der Waals surface area contributed by atoms with Crippen LogP contribution in [0.25, 0.3) is 0 Å². The molecule has 0 aliphatic carbocycles.